The zero-order valence-electron chi connectivity index (χ0n) is 12.2. The van der Waals surface area contributed by atoms with E-state index in [0.29, 0.717) is 0 Å². The third-order valence-electron chi connectivity index (χ3n) is 3.24. The van der Waals surface area contributed by atoms with Crippen molar-refractivity contribution in [3.05, 3.63) is 35.4 Å². The molecule has 0 saturated heterocycles. The lowest BCUT2D eigenvalue weighted by atomic mass is 10.1. The maximum atomic E-state index is 4.89. The minimum atomic E-state index is 1.04. The molecule has 0 aliphatic rings. The maximum absolute atomic E-state index is 4.89. The van der Waals surface area contributed by atoms with Crippen molar-refractivity contribution in [1.82, 2.24) is 9.88 Å². The van der Waals surface area contributed by atoms with Crippen LogP contribution in [0.4, 0.5) is 0 Å². The van der Waals surface area contributed by atoms with E-state index in [1.807, 2.05) is 11.8 Å². The molecule has 0 amide bonds. The molecule has 1 heterocycles. The summed E-state index contributed by atoms with van der Waals surface area (Å²) < 4.78 is 0. The minimum absolute atomic E-state index is 1.04. The smallest absolute Gasteiger partial charge is 0.1000 e. The molecular formula is C16H22N2S. The lowest BCUT2D eigenvalue weighted by molar-refractivity contribution is 0.437. The predicted octanol–water partition coefficient (Wildman–Crippen LogP) is 3.76. The standard InChI is InChI=1S/C16H22N2S/c1-5-13-11-14-8-6-7-12(2)15(14)17-16(13)19-10-9-18(3)4/h6-8,11H,5,9-10H2,1-4H3. The van der Waals surface area contributed by atoms with Crippen molar-refractivity contribution < 1.29 is 0 Å². The van der Waals surface area contributed by atoms with Crippen LogP contribution >= 0.6 is 11.8 Å². The Balaban J connectivity index is 2.33. The normalized spacial score (nSPS) is 11.4. The molecule has 0 bridgehead atoms. The molecule has 19 heavy (non-hydrogen) atoms. The zero-order valence-corrected chi connectivity index (χ0v) is 13.0. The highest BCUT2D eigenvalue weighted by Gasteiger charge is 2.07. The van der Waals surface area contributed by atoms with Gasteiger partial charge in [-0.1, -0.05) is 25.1 Å². The Morgan fingerprint density at radius 3 is 2.74 bits per heavy atom. The first-order valence-electron chi connectivity index (χ1n) is 6.78. The number of hydrogen-bond donors (Lipinski definition) is 0. The molecule has 0 aliphatic heterocycles. The van der Waals surface area contributed by atoms with Crippen LogP contribution in [0.3, 0.4) is 0 Å². The Labute approximate surface area is 120 Å². The van der Waals surface area contributed by atoms with Gasteiger partial charge in [-0.2, -0.15) is 0 Å². The van der Waals surface area contributed by atoms with Crippen LogP contribution in [-0.2, 0) is 6.42 Å². The molecule has 0 unspecified atom stereocenters. The van der Waals surface area contributed by atoms with Crippen LogP contribution in [-0.4, -0.2) is 36.3 Å². The van der Waals surface area contributed by atoms with Crippen LogP contribution in [0, 0.1) is 6.92 Å². The quantitative estimate of drug-likeness (QED) is 0.772. The average molecular weight is 274 g/mol. The molecule has 0 saturated carbocycles. The van der Waals surface area contributed by atoms with Crippen molar-refractivity contribution in [2.24, 2.45) is 0 Å². The summed E-state index contributed by atoms with van der Waals surface area (Å²) in [4.78, 5) is 7.10. The minimum Gasteiger partial charge on any atom is -0.309 e. The second kappa shape index (κ2) is 6.40. The SMILES string of the molecule is CCc1cc2cccc(C)c2nc1SCCN(C)C. The van der Waals surface area contributed by atoms with Crippen LogP contribution in [0.2, 0.25) is 0 Å². The van der Waals surface area contributed by atoms with E-state index in [1.165, 1.54) is 21.5 Å². The van der Waals surface area contributed by atoms with Crippen molar-refractivity contribution >= 4 is 22.7 Å². The van der Waals surface area contributed by atoms with Gasteiger partial charge < -0.3 is 4.90 Å². The summed E-state index contributed by atoms with van der Waals surface area (Å²) in [5.74, 6) is 1.09. The van der Waals surface area contributed by atoms with Gasteiger partial charge >= 0.3 is 0 Å². The van der Waals surface area contributed by atoms with Crippen LogP contribution in [0.25, 0.3) is 10.9 Å². The number of aromatic nitrogens is 1. The molecule has 0 radical (unpaired) electrons. The van der Waals surface area contributed by atoms with E-state index >= 15 is 0 Å². The molecule has 0 spiro atoms. The van der Waals surface area contributed by atoms with E-state index in [1.54, 1.807) is 0 Å². The maximum Gasteiger partial charge on any atom is 0.1000 e. The molecule has 0 aliphatic carbocycles. The third-order valence-corrected chi connectivity index (χ3v) is 4.26. The number of para-hydroxylation sites is 1. The largest absolute Gasteiger partial charge is 0.309 e. The topological polar surface area (TPSA) is 16.1 Å². The lowest BCUT2D eigenvalue weighted by Gasteiger charge is -2.12. The number of benzene rings is 1. The van der Waals surface area contributed by atoms with Gasteiger partial charge in [0, 0.05) is 17.7 Å². The van der Waals surface area contributed by atoms with E-state index in [2.05, 4.69) is 57.1 Å². The Hall–Kier alpha value is -1.06. The van der Waals surface area contributed by atoms with E-state index in [4.69, 9.17) is 4.98 Å². The Morgan fingerprint density at radius 2 is 2.05 bits per heavy atom. The summed E-state index contributed by atoms with van der Waals surface area (Å²) in [5, 5.41) is 2.46. The first kappa shape index (κ1) is 14.4. The van der Waals surface area contributed by atoms with Gasteiger partial charge in [0.15, 0.2) is 0 Å². The van der Waals surface area contributed by atoms with Crippen molar-refractivity contribution in [1.29, 1.82) is 0 Å². The Morgan fingerprint density at radius 1 is 1.26 bits per heavy atom. The van der Waals surface area contributed by atoms with Crippen LogP contribution < -0.4 is 0 Å². The van der Waals surface area contributed by atoms with Crippen molar-refractivity contribution in [3.63, 3.8) is 0 Å². The van der Waals surface area contributed by atoms with Gasteiger partial charge in [0.2, 0.25) is 0 Å². The zero-order chi connectivity index (χ0) is 13.8. The fourth-order valence-electron chi connectivity index (χ4n) is 2.08. The average Bonchev–Trinajstić information content (AvgIpc) is 2.38. The highest BCUT2D eigenvalue weighted by molar-refractivity contribution is 7.99. The summed E-state index contributed by atoms with van der Waals surface area (Å²) in [7, 11) is 4.22. The predicted molar refractivity (Wildman–Crippen MR) is 85.1 cm³/mol. The molecule has 1 aromatic heterocycles. The fourth-order valence-corrected chi connectivity index (χ4v) is 3.27. The Kier molecular flexibility index (Phi) is 4.83. The highest BCUT2D eigenvalue weighted by atomic mass is 32.2. The lowest BCUT2D eigenvalue weighted by Crippen LogP contribution is -2.15. The van der Waals surface area contributed by atoms with Gasteiger partial charge in [0.25, 0.3) is 0 Å². The third kappa shape index (κ3) is 3.48. The second-order valence-corrected chi connectivity index (χ2v) is 6.19. The van der Waals surface area contributed by atoms with Crippen molar-refractivity contribution in [3.8, 4) is 0 Å². The van der Waals surface area contributed by atoms with E-state index in [9.17, 15) is 0 Å². The highest BCUT2D eigenvalue weighted by Crippen LogP contribution is 2.26. The Bertz CT molecular complexity index is 564. The molecule has 0 atom stereocenters. The summed E-state index contributed by atoms with van der Waals surface area (Å²) in [6.45, 7) is 5.42. The summed E-state index contributed by atoms with van der Waals surface area (Å²) in [6, 6.07) is 8.70. The number of aryl methyl sites for hydroxylation is 2. The molecular weight excluding hydrogens is 252 g/mol. The van der Waals surface area contributed by atoms with Crippen LogP contribution in [0.1, 0.15) is 18.1 Å². The van der Waals surface area contributed by atoms with Crippen LogP contribution in [0.15, 0.2) is 29.3 Å². The fraction of sp³-hybridized carbons (Fsp3) is 0.438. The van der Waals surface area contributed by atoms with Gasteiger partial charge in [-0.3, -0.25) is 0 Å². The number of fused-ring (bicyclic) bond motifs is 1. The van der Waals surface area contributed by atoms with E-state index in [-0.39, 0.29) is 0 Å². The van der Waals surface area contributed by atoms with Gasteiger partial charge in [0.1, 0.15) is 0 Å². The van der Waals surface area contributed by atoms with Crippen molar-refractivity contribution in [2.75, 3.05) is 26.4 Å². The van der Waals surface area contributed by atoms with Gasteiger partial charge in [-0.05, 0) is 44.6 Å². The first-order chi connectivity index (χ1) is 9.11. The van der Waals surface area contributed by atoms with Gasteiger partial charge in [0.05, 0.1) is 10.5 Å². The summed E-state index contributed by atoms with van der Waals surface area (Å²) in [6.07, 6.45) is 1.04. The molecule has 1 aromatic carbocycles. The number of nitrogens with zero attached hydrogens (tertiary/aromatic N) is 2. The van der Waals surface area contributed by atoms with Crippen molar-refractivity contribution in [2.45, 2.75) is 25.3 Å². The first-order valence-corrected chi connectivity index (χ1v) is 7.77. The van der Waals surface area contributed by atoms with Gasteiger partial charge in [-0.15, -0.1) is 11.8 Å². The molecule has 0 fully saturated rings. The van der Waals surface area contributed by atoms with E-state index in [0.717, 1.165) is 24.2 Å². The molecule has 2 aromatic rings. The number of rotatable bonds is 5. The molecule has 0 N–H and O–H groups in total. The number of thioether (sulfide) groups is 1. The summed E-state index contributed by atoms with van der Waals surface area (Å²) >= 11 is 1.87. The molecule has 102 valence electrons. The molecule has 2 nitrogen and oxygen atoms in total. The summed E-state index contributed by atoms with van der Waals surface area (Å²) in [5.41, 5.74) is 3.77. The van der Waals surface area contributed by atoms with E-state index < -0.39 is 0 Å². The number of hydrogen-bond acceptors (Lipinski definition) is 3. The number of pyridine rings is 1. The van der Waals surface area contributed by atoms with Crippen LogP contribution in [0.5, 0.6) is 0 Å². The molecule has 3 heteroatoms. The monoisotopic (exact) mass is 274 g/mol. The second-order valence-electron chi connectivity index (χ2n) is 5.10. The molecule has 2 rings (SSSR count). The van der Waals surface area contributed by atoms with Gasteiger partial charge in [-0.25, -0.2) is 4.98 Å².